The predicted octanol–water partition coefficient (Wildman–Crippen LogP) is 8.40. The second-order valence-corrected chi connectivity index (χ2v) is 12.6. The van der Waals surface area contributed by atoms with Crippen LogP contribution in [0.3, 0.4) is 0 Å². The number of esters is 1. The lowest BCUT2D eigenvalue weighted by atomic mass is 9.85. The Balaban J connectivity index is 0.000000428. The molecule has 0 radical (unpaired) electrons. The topological polar surface area (TPSA) is 111 Å². The number of nitrogens with zero attached hydrogens (tertiary/aromatic N) is 2. The molecule has 0 unspecified atom stereocenters. The van der Waals surface area contributed by atoms with Crippen LogP contribution in [-0.2, 0) is 27.2 Å². The minimum atomic E-state index is -0.993. The summed E-state index contributed by atoms with van der Waals surface area (Å²) in [6, 6.07) is 6.79. The van der Waals surface area contributed by atoms with Crippen molar-refractivity contribution in [3.05, 3.63) is 68.3 Å². The molecule has 42 heavy (non-hydrogen) atoms. The van der Waals surface area contributed by atoms with Crippen molar-refractivity contribution in [3.63, 3.8) is 0 Å². The summed E-state index contributed by atoms with van der Waals surface area (Å²) in [5, 5.41) is 27.2. The summed E-state index contributed by atoms with van der Waals surface area (Å²) < 4.78 is 34.3. The van der Waals surface area contributed by atoms with Crippen LogP contribution in [0.25, 0.3) is 0 Å². The van der Waals surface area contributed by atoms with E-state index in [4.69, 9.17) is 15.1 Å². The Morgan fingerprint density at radius 2 is 1.12 bits per heavy atom. The summed E-state index contributed by atoms with van der Waals surface area (Å²) in [4.78, 5) is 23.2. The van der Waals surface area contributed by atoms with Crippen LogP contribution in [0.4, 0.5) is 8.78 Å². The number of ether oxygens (including phenoxy) is 1. The van der Waals surface area contributed by atoms with Gasteiger partial charge in [0.2, 0.25) is 0 Å². The first-order valence-corrected chi connectivity index (χ1v) is 14.2. The zero-order valence-electron chi connectivity index (χ0n) is 26.7. The van der Waals surface area contributed by atoms with Crippen molar-refractivity contribution < 1.29 is 28.2 Å². The van der Waals surface area contributed by atoms with Gasteiger partial charge in [-0.05, 0) is 90.0 Å². The second-order valence-electron chi connectivity index (χ2n) is 12.6. The molecule has 2 aromatic carbocycles. The Bertz CT molecular complexity index is 1390. The molecular formula is C34H44F2N2O4. The van der Waals surface area contributed by atoms with Crippen LogP contribution in [-0.4, -0.2) is 22.6 Å². The molecule has 228 valence electrons. The third kappa shape index (κ3) is 9.38. The standard InChI is InChI=1S/C19H26FNO2.C15H18FNO2/c1-11(2)14-8-13(10-21)18(20)17(12(3)4)15(14)9-16(22)23-19(5,6)7;1-8(2)11-5-10(7-17)15(16)14(9(3)4)12(11)6-13(18)19/h8,11-12H,9H2,1-7H3;5,8-9H,6H2,1-4H3,(H,18,19). The van der Waals surface area contributed by atoms with Crippen LogP contribution in [0, 0.1) is 34.3 Å². The maximum Gasteiger partial charge on any atom is 0.310 e. The minimum absolute atomic E-state index is 0.0125. The number of carbonyl (C=O) groups excluding carboxylic acids is 1. The number of halogens is 2. The highest BCUT2D eigenvalue weighted by molar-refractivity contribution is 5.75. The normalized spacial score (nSPS) is 11.3. The molecule has 0 bridgehead atoms. The molecule has 8 heteroatoms. The maximum absolute atomic E-state index is 14.6. The summed E-state index contributed by atoms with van der Waals surface area (Å²) in [6.07, 6.45) is -0.204. The average Bonchev–Trinajstić information content (AvgIpc) is 2.82. The zero-order valence-corrected chi connectivity index (χ0v) is 26.7. The predicted molar refractivity (Wildman–Crippen MR) is 159 cm³/mol. The molecule has 0 aliphatic heterocycles. The SMILES string of the molecule is CC(C)c1cc(C#N)c(F)c(C(C)C)c1CC(=O)O.CC(C)c1cc(C#N)c(F)c(C(C)C)c1CC(=O)OC(C)(C)C. The van der Waals surface area contributed by atoms with Crippen molar-refractivity contribution in [2.24, 2.45) is 0 Å². The number of rotatable bonds is 8. The highest BCUT2D eigenvalue weighted by Gasteiger charge is 2.26. The van der Waals surface area contributed by atoms with E-state index in [1.165, 1.54) is 6.07 Å². The van der Waals surface area contributed by atoms with E-state index < -0.39 is 23.2 Å². The highest BCUT2D eigenvalue weighted by Crippen LogP contribution is 2.34. The number of carboxylic acids is 1. The van der Waals surface area contributed by atoms with E-state index in [1.807, 2.05) is 53.7 Å². The molecule has 0 amide bonds. The van der Waals surface area contributed by atoms with Crippen LogP contribution in [0.2, 0.25) is 0 Å². The lowest BCUT2D eigenvalue weighted by Crippen LogP contribution is -2.26. The van der Waals surface area contributed by atoms with Crippen molar-refractivity contribution >= 4 is 11.9 Å². The van der Waals surface area contributed by atoms with Gasteiger partial charge >= 0.3 is 11.9 Å². The molecule has 6 nitrogen and oxygen atoms in total. The number of hydrogen-bond donors (Lipinski definition) is 1. The molecular weight excluding hydrogens is 538 g/mol. The first-order valence-electron chi connectivity index (χ1n) is 14.2. The Hall–Kier alpha value is -3.78. The molecule has 0 fully saturated rings. The van der Waals surface area contributed by atoms with Crippen molar-refractivity contribution in [3.8, 4) is 12.1 Å². The van der Waals surface area contributed by atoms with Gasteiger partial charge in [-0.2, -0.15) is 10.5 Å². The number of carbonyl (C=O) groups is 2. The average molecular weight is 583 g/mol. The molecule has 0 atom stereocenters. The second kappa shape index (κ2) is 14.9. The third-order valence-electron chi connectivity index (χ3n) is 6.60. The molecule has 0 spiro atoms. The molecule has 0 heterocycles. The van der Waals surface area contributed by atoms with Crippen LogP contribution in [0.1, 0.15) is 144 Å². The fourth-order valence-corrected chi connectivity index (χ4v) is 4.94. The monoisotopic (exact) mass is 582 g/mol. The Morgan fingerprint density at radius 3 is 1.38 bits per heavy atom. The van der Waals surface area contributed by atoms with E-state index in [-0.39, 0.29) is 53.6 Å². The quantitative estimate of drug-likeness (QED) is 0.313. The first-order chi connectivity index (χ1) is 19.3. The van der Waals surface area contributed by atoms with Crippen LogP contribution in [0.5, 0.6) is 0 Å². The van der Waals surface area contributed by atoms with Gasteiger partial charge in [-0.25, -0.2) is 8.78 Å². The van der Waals surface area contributed by atoms with E-state index in [9.17, 15) is 23.6 Å². The molecule has 0 aliphatic carbocycles. The van der Waals surface area contributed by atoms with Gasteiger partial charge in [0.25, 0.3) is 0 Å². The summed E-state index contributed by atoms with van der Waals surface area (Å²) in [5.74, 6) is -2.66. The van der Waals surface area contributed by atoms with Gasteiger partial charge in [0.1, 0.15) is 29.4 Å². The van der Waals surface area contributed by atoms with Crippen molar-refractivity contribution in [1.82, 2.24) is 0 Å². The third-order valence-corrected chi connectivity index (χ3v) is 6.60. The number of carboxylic acid groups (broad SMARTS) is 1. The Labute approximate surface area is 249 Å². The van der Waals surface area contributed by atoms with Gasteiger partial charge in [0.05, 0.1) is 24.0 Å². The summed E-state index contributed by atoms with van der Waals surface area (Å²) in [5.41, 5.74) is 2.96. The van der Waals surface area contributed by atoms with Gasteiger partial charge in [-0.3, -0.25) is 9.59 Å². The summed E-state index contributed by atoms with van der Waals surface area (Å²) in [6.45, 7) is 20.5. The smallest absolute Gasteiger partial charge is 0.310 e. The van der Waals surface area contributed by atoms with Gasteiger partial charge in [-0.15, -0.1) is 0 Å². The lowest BCUT2D eigenvalue weighted by Gasteiger charge is -2.23. The lowest BCUT2D eigenvalue weighted by molar-refractivity contribution is -0.154. The molecule has 2 rings (SSSR count). The van der Waals surface area contributed by atoms with Gasteiger partial charge in [0, 0.05) is 0 Å². The highest BCUT2D eigenvalue weighted by atomic mass is 19.1. The van der Waals surface area contributed by atoms with Crippen LogP contribution in [0.15, 0.2) is 12.1 Å². The molecule has 0 aromatic heterocycles. The summed E-state index contributed by atoms with van der Waals surface area (Å²) >= 11 is 0. The largest absolute Gasteiger partial charge is 0.481 e. The molecule has 0 saturated heterocycles. The molecule has 0 aliphatic rings. The van der Waals surface area contributed by atoms with Gasteiger partial charge in [0.15, 0.2) is 0 Å². The van der Waals surface area contributed by atoms with Gasteiger partial charge < -0.3 is 9.84 Å². The number of benzene rings is 2. The zero-order chi connectivity index (χ0) is 32.7. The van der Waals surface area contributed by atoms with E-state index in [0.29, 0.717) is 22.3 Å². The number of hydrogen-bond acceptors (Lipinski definition) is 5. The van der Waals surface area contributed by atoms with Crippen LogP contribution >= 0.6 is 0 Å². The number of nitriles is 2. The van der Waals surface area contributed by atoms with E-state index >= 15 is 0 Å². The van der Waals surface area contributed by atoms with Gasteiger partial charge in [-0.1, -0.05) is 55.4 Å². The fraction of sp³-hybridized carbons (Fsp3) is 0.529. The van der Waals surface area contributed by atoms with E-state index in [1.54, 1.807) is 40.7 Å². The van der Waals surface area contributed by atoms with Crippen molar-refractivity contribution in [1.29, 1.82) is 10.5 Å². The fourth-order valence-electron chi connectivity index (χ4n) is 4.94. The Morgan fingerprint density at radius 1 is 0.762 bits per heavy atom. The Kier molecular flexibility index (Phi) is 12.9. The van der Waals surface area contributed by atoms with E-state index in [0.717, 1.165) is 11.1 Å². The molecule has 1 N–H and O–H groups in total. The molecule has 0 saturated carbocycles. The molecule has 2 aromatic rings. The van der Waals surface area contributed by atoms with Crippen molar-refractivity contribution in [2.45, 2.75) is 118 Å². The minimum Gasteiger partial charge on any atom is -0.481 e. The summed E-state index contributed by atoms with van der Waals surface area (Å²) in [7, 11) is 0. The van der Waals surface area contributed by atoms with E-state index in [2.05, 4.69) is 0 Å². The number of aliphatic carboxylic acids is 1. The van der Waals surface area contributed by atoms with Crippen molar-refractivity contribution in [2.75, 3.05) is 0 Å². The van der Waals surface area contributed by atoms with Crippen LogP contribution < -0.4 is 0 Å². The maximum atomic E-state index is 14.6. The first kappa shape index (κ1) is 36.2.